The average Bonchev–Trinajstić information content (AvgIpc) is 2.45. The summed E-state index contributed by atoms with van der Waals surface area (Å²) in [5, 5.41) is 0. The Labute approximate surface area is 141 Å². The van der Waals surface area contributed by atoms with Gasteiger partial charge in [-0.2, -0.15) is 17.4 Å². The quantitative estimate of drug-likeness (QED) is 0.840. The summed E-state index contributed by atoms with van der Waals surface area (Å²) in [4.78, 5) is 0. The lowest BCUT2D eigenvalue weighted by atomic mass is 10.1. The number of nitrogens with zero attached hydrogens (tertiary/aromatic N) is 1. The molecule has 1 saturated heterocycles. The predicted molar refractivity (Wildman–Crippen MR) is 90.8 cm³/mol. The van der Waals surface area contributed by atoms with Gasteiger partial charge in [-0.05, 0) is 38.0 Å². The molecule has 124 valence electrons. The fourth-order valence-electron chi connectivity index (χ4n) is 2.66. The summed E-state index contributed by atoms with van der Waals surface area (Å²) < 4.78 is 36.1. The van der Waals surface area contributed by atoms with E-state index < -0.39 is 10.2 Å². The lowest BCUT2D eigenvalue weighted by Crippen LogP contribution is -2.52. The molecule has 0 amide bonds. The first-order valence-corrected chi connectivity index (χ1v) is 9.73. The van der Waals surface area contributed by atoms with Gasteiger partial charge < -0.3 is 4.74 Å². The van der Waals surface area contributed by atoms with Crippen LogP contribution in [0.25, 0.3) is 0 Å². The van der Waals surface area contributed by atoms with E-state index in [1.165, 1.54) is 4.31 Å². The highest BCUT2D eigenvalue weighted by molar-refractivity contribution is 9.10. The zero-order valence-corrected chi connectivity index (χ0v) is 15.5. The number of hydrogen-bond acceptors (Lipinski definition) is 3. The molecule has 0 aromatic heterocycles. The Hall–Kier alpha value is -0.470. The summed E-state index contributed by atoms with van der Waals surface area (Å²) >= 11 is 3.39. The molecule has 7 heteroatoms. The van der Waals surface area contributed by atoms with E-state index in [1.807, 2.05) is 45.0 Å². The second-order valence-corrected chi connectivity index (χ2v) is 8.33. The number of ether oxygens (including phenoxy) is 1. The molecule has 3 atom stereocenters. The van der Waals surface area contributed by atoms with Crippen LogP contribution in [0.3, 0.4) is 0 Å². The van der Waals surface area contributed by atoms with Crippen molar-refractivity contribution in [3.63, 3.8) is 0 Å². The van der Waals surface area contributed by atoms with Gasteiger partial charge in [0.2, 0.25) is 0 Å². The molecular weight excluding hydrogens is 368 g/mol. The summed E-state index contributed by atoms with van der Waals surface area (Å²) in [6.07, 6.45) is 0.511. The van der Waals surface area contributed by atoms with Gasteiger partial charge >= 0.3 is 0 Å². The van der Waals surface area contributed by atoms with Gasteiger partial charge in [-0.3, -0.25) is 0 Å². The fraction of sp³-hybridized carbons (Fsp3) is 0.600. The van der Waals surface area contributed by atoms with E-state index in [2.05, 4.69) is 20.7 Å². The van der Waals surface area contributed by atoms with Crippen LogP contribution in [0.1, 0.15) is 38.8 Å². The Kier molecular flexibility index (Phi) is 6.01. The molecule has 0 spiro atoms. The monoisotopic (exact) mass is 390 g/mol. The van der Waals surface area contributed by atoms with Crippen molar-refractivity contribution in [2.45, 2.75) is 45.4 Å². The number of hydrogen-bond donors (Lipinski definition) is 1. The van der Waals surface area contributed by atoms with E-state index in [1.54, 1.807) is 0 Å². The Balaban J connectivity index is 2.13. The van der Waals surface area contributed by atoms with E-state index >= 15 is 0 Å². The van der Waals surface area contributed by atoms with Crippen molar-refractivity contribution in [3.8, 4) is 0 Å². The summed E-state index contributed by atoms with van der Waals surface area (Å²) in [5.74, 6) is 0. The SMILES string of the molecule is CCC(NS(=O)(=O)N1CC(C)OC(C)C1)c1ccc(Br)cc1. The van der Waals surface area contributed by atoms with Gasteiger partial charge in [0.05, 0.1) is 12.2 Å². The maximum Gasteiger partial charge on any atom is 0.280 e. The highest BCUT2D eigenvalue weighted by Gasteiger charge is 2.32. The maximum atomic E-state index is 12.6. The zero-order chi connectivity index (χ0) is 16.3. The summed E-state index contributed by atoms with van der Waals surface area (Å²) in [6.45, 7) is 6.53. The minimum absolute atomic E-state index is 0.0897. The Bertz CT molecular complexity index is 581. The third kappa shape index (κ3) is 4.52. The van der Waals surface area contributed by atoms with Crippen LogP contribution in [0.4, 0.5) is 0 Å². The molecule has 1 aliphatic heterocycles. The van der Waals surface area contributed by atoms with Gasteiger partial charge in [0.25, 0.3) is 10.2 Å². The number of halogens is 1. The molecule has 1 N–H and O–H groups in total. The van der Waals surface area contributed by atoms with E-state index in [0.717, 1.165) is 10.0 Å². The van der Waals surface area contributed by atoms with Crippen molar-refractivity contribution in [2.75, 3.05) is 13.1 Å². The van der Waals surface area contributed by atoms with Crippen LogP contribution in [0.2, 0.25) is 0 Å². The molecule has 22 heavy (non-hydrogen) atoms. The third-order valence-electron chi connectivity index (χ3n) is 3.70. The molecule has 3 unspecified atom stereocenters. The van der Waals surface area contributed by atoms with E-state index in [9.17, 15) is 8.42 Å². The molecule has 0 bridgehead atoms. The van der Waals surface area contributed by atoms with Gasteiger partial charge in [-0.1, -0.05) is 35.0 Å². The largest absolute Gasteiger partial charge is 0.373 e. The molecule has 0 aliphatic carbocycles. The van der Waals surface area contributed by atoms with Gasteiger partial charge in [0.1, 0.15) is 0 Å². The Morgan fingerprint density at radius 2 is 1.82 bits per heavy atom. The van der Waals surface area contributed by atoms with Crippen LogP contribution in [-0.4, -0.2) is 38.0 Å². The van der Waals surface area contributed by atoms with E-state index in [0.29, 0.717) is 19.5 Å². The number of morpholine rings is 1. The Morgan fingerprint density at radius 3 is 2.32 bits per heavy atom. The molecule has 1 fully saturated rings. The molecule has 1 aliphatic rings. The summed E-state index contributed by atoms with van der Waals surface area (Å²) in [5.41, 5.74) is 0.962. The van der Waals surface area contributed by atoms with Crippen molar-refractivity contribution < 1.29 is 13.2 Å². The van der Waals surface area contributed by atoms with Crippen molar-refractivity contribution in [2.24, 2.45) is 0 Å². The van der Waals surface area contributed by atoms with Crippen LogP contribution in [0.15, 0.2) is 28.7 Å². The first-order valence-electron chi connectivity index (χ1n) is 7.50. The van der Waals surface area contributed by atoms with E-state index in [-0.39, 0.29) is 18.2 Å². The highest BCUT2D eigenvalue weighted by atomic mass is 79.9. The first kappa shape index (κ1) is 17.9. The minimum Gasteiger partial charge on any atom is -0.373 e. The highest BCUT2D eigenvalue weighted by Crippen LogP contribution is 2.22. The molecule has 5 nitrogen and oxygen atoms in total. The summed E-state index contributed by atoms with van der Waals surface area (Å²) in [7, 11) is -3.53. The lowest BCUT2D eigenvalue weighted by Gasteiger charge is -2.35. The van der Waals surface area contributed by atoms with Gasteiger partial charge in [0.15, 0.2) is 0 Å². The molecular formula is C15H23BrN2O3S. The second-order valence-electron chi connectivity index (χ2n) is 5.71. The van der Waals surface area contributed by atoms with Crippen LogP contribution in [-0.2, 0) is 14.9 Å². The van der Waals surface area contributed by atoms with Gasteiger partial charge in [-0.25, -0.2) is 0 Å². The normalized spacial score (nSPS) is 25.1. The van der Waals surface area contributed by atoms with Crippen LogP contribution in [0.5, 0.6) is 0 Å². The second kappa shape index (κ2) is 7.40. The number of benzene rings is 1. The van der Waals surface area contributed by atoms with Crippen molar-refractivity contribution in [1.82, 2.24) is 9.03 Å². The minimum atomic E-state index is -3.53. The number of rotatable bonds is 5. The fourth-order valence-corrected chi connectivity index (χ4v) is 4.55. The lowest BCUT2D eigenvalue weighted by molar-refractivity contribution is -0.0444. The van der Waals surface area contributed by atoms with Gasteiger partial charge in [-0.15, -0.1) is 0 Å². The van der Waals surface area contributed by atoms with Gasteiger partial charge in [0, 0.05) is 23.6 Å². The topological polar surface area (TPSA) is 58.6 Å². The summed E-state index contributed by atoms with van der Waals surface area (Å²) in [6, 6.07) is 7.49. The molecule has 1 heterocycles. The molecule has 1 aromatic carbocycles. The average molecular weight is 391 g/mol. The standard InChI is InChI=1S/C15H23BrN2O3S/c1-4-15(13-5-7-14(16)8-6-13)17-22(19,20)18-9-11(2)21-12(3)10-18/h5-8,11-12,15,17H,4,9-10H2,1-3H3. The van der Waals surface area contributed by atoms with E-state index in [4.69, 9.17) is 4.74 Å². The number of nitrogens with one attached hydrogen (secondary N) is 1. The molecule has 2 rings (SSSR count). The van der Waals surface area contributed by atoms with Crippen molar-refractivity contribution in [3.05, 3.63) is 34.3 Å². The van der Waals surface area contributed by atoms with Crippen molar-refractivity contribution in [1.29, 1.82) is 0 Å². The molecule has 0 saturated carbocycles. The third-order valence-corrected chi connectivity index (χ3v) is 5.79. The Morgan fingerprint density at radius 1 is 1.27 bits per heavy atom. The van der Waals surface area contributed by atoms with Crippen LogP contribution in [0, 0.1) is 0 Å². The maximum absolute atomic E-state index is 12.6. The molecule has 0 radical (unpaired) electrons. The smallest absolute Gasteiger partial charge is 0.280 e. The van der Waals surface area contributed by atoms with Crippen molar-refractivity contribution >= 4 is 26.1 Å². The van der Waals surface area contributed by atoms with Crippen LogP contribution >= 0.6 is 15.9 Å². The molecule has 1 aromatic rings. The van der Waals surface area contributed by atoms with Crippen LogP contribution < -0.4 is 4.72 Å². The predicted octanol–water partition coefficient (Wildman–Crippen LogP) is 2.84. The first-order chi connectivity index (χ1) is 10.3. The zero-order valence-electron chi connectivity index (χ0n) is 13.1.